The van der Waals surface area contributed by atoms with Crippen molar-refractivity contribution in [3.63, 3.8) is 0 Å². The lowest BCUT2D eigenvalue weighted by atomic mass is 10.3. The highest BCUT2D eigenvalue weighted by atomic mass is 16.1. The van der Waals surface area contributed by atoms with Gasteiger partial charge in [-0.05, 0) is 12.0 Å². The zero-order valence-electron chi connectivity index (χ0n) is 8.78. The van der Waals surface area contributed by atoms with Crippen molar-refractivity contribution in [2.45, 2.75) is 19.4 Å². The van der Waals surface area contributed by atoms with E-state index in [2.05, 4.69) is 25.7 Å². The molecule has 0 saturated heterocycles. The van der Waals surface area contributed by atoms with Gasteiger partial charge in [0.15, 0.2) is 0 Å². The van der Waals surface area contributed by atoms with Gasteiger partial charge in [0, 0.05) is 30.6 Å². The van der Waals surface area contributed by atoms with Crippen LogP contribution in [-0.2, 0) is 11.3 Å². The standard InChI is InChI=1S/C8H13N7O/c9-13-11-4-1-3-10-8(16)2-6-15-7-5-12-14-15/h5,7H,1-4,6H2,(H,10,16). The lowest BCUT2D eigenvalue weighted by Crippen LogP contribution is -2.25. The summed E-state index contributed by atoms with van der Waals surface area (Å²) in [6.45, 7) is 1.44. The van der Waals surface area contributed by atoms with E-state index in [9.17, 15) is 4.79 Å². The number of hydrogen-bond acceptors (Lipinski definition) is 4. The molecule has 0 saturated carbocycles. The summed E-state index contributed by atoms with van der Waals surface area (Å²) >= 11 is 0. The van der Waals surface area contributed by atoms with Crippen molar-refractivity contribution >= 4 is 5.91 Å². The number of carbonyl (C=O) groups excluding carboxylic acids is 1. The van der Waals surface area contributed by atoms with Crippen molar-refractivity contribution in [2.75, 3.05) is 13.1 Å². The molecule has 0 aliphatic heterocycles. The van der Waals surface area contributed by atoms with Crippen LogP contribution >= 0.6 is 0 Å². The molecule has 1 aromatic rings. The third kappa shape index (κ3) is 4.97. The van der Waals surface area contributed by atoms with E-state index in [1.54, 1.807) is 17.1 Å². The lowest BCUT2D eigenvalue weighted by Gasteiger charge is -2.03. The molecule has 0 bridgehead atoms. The molecule has 8 heteroatoms. The molecule has 0 spiro atoms. The van der Waals surface area contributed by atoms with Crippen LogP contribution in [0.5, 0.6) is 0 Å². The van der Waals surface area contributed by atoms with Crippen LogP contribution in [0.1, 0.15) is 12.8 Å². The molecule has 0 aliphatic rings. The van der Waals surface area contributed by atoms with E-state index in [1.165, 1.54) is 0 Å². The molecule has 1 heterocycles. The molecular weight excluding hydrogens is 210 g/mol. The molecule has 0 radical (unpaired) electrons. The number of nitrogens with zero attached hydrogens (tertiary/aromatic N) is 6. The maximum Gasteiger partial charge on any atom is 0.221 e. The third-order valence-corrected chi connectivity index (χ3v) is 1.86. The molecule has 0 aliphatic carbocycles. The summed E-state index contributed by atoms with van der Waals surface area (Å²) in [7, 11) is 0. The molecule has 16 heavy (non-hydrogen) atoms. The Bertz CT molecular complexity index is 354. The van der Waals surface area contributed by atoms with Crippen LogP contribution in [-0.4, -0.2) is 34.0 Å². The smallest absolute Gasteiger partial charge is 0.221 e. The van der Waals surface area contributed by atoms with Gasteiger partial charge in [-0.1, -0.05) is 10.3 Å². The molecule has 1 rings (SSSR count). The highest BCUT2D eigenvalue weighted by Gasteiger charge is 2.00. The van der Waals surface area contributed by atoms with Crippen molar-refractivity contribution in [3.8, 4) is 0 Å². The molecule has 1 aromatic heterocycles. The van der Waals surface area contributed by atoms with Crippen molar-refractivity contribution in [3.05, 3.63) is 22.8 Å². The molecule has 0 atom stereocenters. The van der Waals surface area contributed by atoms with Crippen LogP contribution in [0.2, 0.25) is 0 Å². The van der Waals surface area contributed by atoms with E-state index in [-0.39, 0.29) is 5.91 Å². The minimum absolute atomic E-state index is 0.0450. The Labute approximate surface area is 92.3 Å². The lowest BCUT2D eigenvalue weighted by molar-refractivity contribution is -0.121. The Morgan fingerprint density at radius 2 is 2.50 bits per heavy atom. The highest BCUT2D eigenvalue weighted by Crippen LogP contribution is 1.88. The van der Waals surface area contributed by atoms with Crippen LogP contribution in [0.4, 0.5) is 0 Å². The number of rotatable bonds is 7. The maximum atomic E-state index is 11.3. The zero-order chi connectivity index (χ0) is 11.6. The maximum absolute atomic E-state index is 11.3. The van der Waals surface area contributed by atoms with E-state index in [0.29, 0.717) is 32.5 Å². The average Bonchev–Trinajstić information content (AvgIpc) is 2.79. The van der Waals surface area contributed by atoms with Crippen LogP contribution < -0.4 is 5.32 Å². The minimum Gasteiger partial charge on any atom is -0.356 e. The highest BCUT2D eigenvalue weighted by molar-refractivity contribution is 5.75. The number of nitrogens with one attached hydrogen (secondary N) is 1. The summed E-state index contributed by atoms with van der Waals surface area (Å²) < 4.78 is 1.60. The molecular formula is C8H13N7O. The van der Waals surface area contributed by atoms with Gasteiger partial charge >= 0.3 is 0 Å². The molecule has 0 aromatic carbocycles. The van der Waals surface area contributed by atoms with Gasteiger partial charge in [0.25, 0.3) is 0 Å². The number of amides is 1. The number of hydrogen-bond donors (Lipinski definition) is 1. The van der Waals surface area contributed by atoms with Gasteiger partial charge in [-0.25, -0.2) is 0 Å². The fraction of sp³-hybridized carbons (Fsp3) is 0.625. The predicted octanol–water partition coefficient (Wildman–Crippen LogP) is 0.485. The van der Waals surface area contributed by atoms with Gasteiger partial charge in [0.2, 0.25) is 5.91 Å². The topological polar surface area (TPSA) is 109 Å². The van der Waals surface area contributed by atoms with Gasteiger partial charge in [-0.15, -0.1) is 5.10 Å². The minimum atomic E-state index is -0.0450. The van der Waals surface area contributed by atoms with E-state index in [4.69, 9.17) is 5.53 Å². The summed E-state index contributed by atoms with van der Waals surface area (Å²) in [5.74, 6) is -0.0450. The summed E-state index contributed by atoms with van der Waals surface area (Å²) in [6, 6.07) is 0. The normalized spacial score (nSPS) is 9.50. The van der Waals surface area contributed by atoms with Crippen molar-refractivity contribution in [1.29, 1.82) is 0 Å². The van der Waals surface area contributed by atoms with Gasteiger partial charge in [-0.3, -0.25) is 9.48 Å². The molecule has 86 valence electrons. The van der Waals surface area contributed by atoms with E-state index < -0.39 is 0 Å². The van der Waals surface area contributed by atoms with Gasteiger partial charge in [0.05, 0.1) is 12.7 Å². The first-order valence-electron chi connectivity index (χ1n) is 4.94. The molecule has 1 amide bonds. The van der Waals surface area contributed by atoms with Crippen molar-refractivity contribution in [2.24, 2.45) is 5.11 Å². The number of aromatic nitrogens is 3. The monoisotopic (exact) mass is 223 g/mol. The van der Waals surface area contributed by atoms with Gasteiger partial charge in [0.1, 0.15) is 0 Å². The molecule has 0 unspecified atom stereocenters. The van der Waals surface area contributed by atoms with E-state index >= 15 is 0 Å². The van der Waals surface area contributed by atoms with Crippen LogP contribution in [0.3, 0.4) is 0 Å². The zero-order valence-corrected chi connectivity index (χ0v) is 8.78. The van der Waals surface area contributed by atoms with Crippen LogP contribution in [0.15, 0.2) is 17.5 Å². The quantitative estimate of drug-likeness (QED) is 0.314. The second kappa shape index (κ2) is 7.24. The largest absolute Gasteiger partial charge is 0.356 e. The summed E-state index contributed by atoms with van der Waals surface area (Å²) in [5, 5.41) is 13.5. The predicted molar refractivity (Wildman–Crippen MR) is 56.3 cm³/mol. The third-order valence-electron chi connectivity index (χ3n) is 1.86. The Morgan fingerprint density at radius 1 is 1.62 bits per heavy atom. The Hall–Kier alpha value is -2.08. The number of azide groups is 1. The average molecular weight is 223 g/mol. The van der Waals surface area contributed by atoms with Crippen molar-refractivity contribution in [1.82, 2.24) is 20.3 Å². The summed E-state index contributed by atoms with van der Waals surface area (Å²) in [4.78, 5) is 13.9. The van der Waals surface area contributed by atoms with E-state index in [0.717, 1.165) is 0 Å². The molecule has 8 nitrogen and oxygen atoms in total. The second-order valence-corrected chi connectivity index (χ2v) is 3.07. The Balaban J connectivity index is 2.05. The number of aryl methyl sites for hydroxylation is 1. The summed E-state index contributed by atoms with van der Waals surface area (Å²) in [6.07, 6.45) is 4.29. The fourth-order valence-electron chi connectivity index (χ4n) is 1.08. The van der Waals surface area contributed by atoms with Crippen LogP contribution in [0.25, 0.3) is 10.4 Å². The first kappa shape index (κ1) is 12.0. The van der Waals surface area contributed by atoms with E-state index in [1.807, 2.05) is 0 Å². The SMILES string of the molecule is [N-]=[N+]=NCCCNC(=O)CCn1ccnn1. The van der Waals surface area contributed by atoms with Gasteiger partial charge < -0.3 is 5.32 Å². The fourth-order valence-corrected chi connectivity index (χ4v) is 1.08. The molecule has 1 N–H and O–H groups in total. The molecule has 0 fully saturated rings. The first-order valence-corrected chi connectivity index (χ1v) is 4.94. The van der Waals surface area contributed by atoms with Gasteiger partial charge in [-0.2, -0.15) is 0 Å². The Morgan fingerprint density at radius 3 is 3.19 bits per heavy atom. The summed E-state index contributed by atoms with van der Waals surface area (Å²) in [5.41, 5.74) is 8.02. The number of carbonyl (C=O) groups is 1. The first-order chi connectivity index (χ1) is 7.83. The second-order valence-electron chi connectivity index (χ2n) is 3.07. The van der Waals surface area contributed by atoms with Crippen molar-refractivity contribution < 1.29 is 4.79 Å². The Kier molecular flexibility index (Phi) is 5.43. The van der Waals surface area contributed by atoms with Crippen LogP contribution in [0, 0.1) is 0 Å².